The number of guanidine groups is 1. The van der Waals surface area contributed by atoms with Crippen LogP contribution >= 0.6 is 0 Å². The van der Waals surface area contributed by atoms with Gasteiger partial charge in [-0.15, -0.1) is 0 Å². The van der Waals surface area contributed by atoms with Gasteiger partial charge >= 0.3 is 0 Å². The summed E-state index contributed by atoms with van der Waals surface area (Å²) in [6.45, 7) is 13.3. The van der Waals surface area contributed by atoms with Crippen LogP contribution in [-0.2, 0) is 6.42 Å². The standard InChI is InChI=1S/C34H46N6O2/c1-21-17-39(18-22(2)36-21)33(38-30-15-25-14-29(23(30)3)34(25,4)5)37-26-11-12-28-31(16-26)35-20-40(32(28)42)27(19-41)13-24-9-7-6-8-10-24/h6-12,16,20-23,25,27,29-30,36,41H,13-15,17-19H2,1-5H3,(H,37,38). The van der Waals surface area contributed by atoms with E-state index in [0.717, 1.165) is 48.6 Å². The lowest BCUT2D eigenvalue weighted by molar-refractivity contribution is -0.108. The Morgan fingerprint density at radius 3 is 2.52 bits per heavy atom. The van der Waals surface area contributed by atoms with Crippen LogP contribution in [-0.4, -0.2) is 63.3 Å². The van der Waals surface area contributed by atoms with Gasteiger partial charge in [-0.3, -0.25) is 9.36 Å². The molecule has 7 rings (SSSR count). The summed E-state index contributed by atoms with van der Waals surface area (Å²) in [4.78, 5) is 26.0. The van der Waals surface area contributed by atoms with E-state index in [2.05, 4.69) is 55.1 Å². The van der Waals surface area contributed by atoms with Gasteiger partial charge in [0, 0.05) is 30.9 Å². The molecule has 4 aliphatic rings. The third-order valence-corrected chi connectivity index (χ3v) is 10.4. The van der Waals surface area contributed by atoms with Crippen LogP contribution in [0, 0.1) is 23.2 Å². The predicted molar refractivity (Wildman–Crippen MR) is 170 cm³/mol. The van der Waals surface area contributed by atoms with E-state index < -0.39 is 0 Å². The van der Waals surface area contributed by atoms with Crippen molar-refractivity contribution < 1.29 is 5.11 Å². The van der Waals surface area contributed by atoms with E-state index in [0.29, 0.717) is 46.8 Å². The molecule has 1 saturated heterocycles. The van der Waals surface area contributed by atoms with E-state index >= 15 is 0 Å². The smallest absolute Gasteiger partial charge is 0.261 e. The second-order valence-electron chi connectivity index (χ2n) is 13.7. The molecule has 2 aromatic carbocycles. The predicted octanol–water partition coefficient (Wildman–Crippen LogP) is 4.69. The number of aromatic nitrogens is 2. The van der Waals surface area contributed by atoms with Gasteiger partial charge in [-0.2, -0.15) is 0 Å². The Balaban J connectivity index is 1.28. The number of hydrogen-bond acceptors (Lipinski definition) is 5. The molecule has 1 aliphatic heterocycles. The molecule has 42 heavy (non-hydrogen) atoms. The number of nitrogens with zero attached hydrogens (tertiary/aromatic N) is 4. The summed E-state index contributed by atoms with van der Waals surface area (Å²) in [7, 11) is 0. The first-order chi connectivity index (χ1) is 20.1. The number of nitrogens with one attached hydrogen (secondary N) is 2. The largest absolute Gasteiger partial charge is 0.394 e. The maximum atomic E-state index is 13.5. The lowest BCUT2D eigenvalue weighted by atomic mass is 9.45. The quantitative estimate of drug-likeness (QED) is 0.294. The Labute approximate surface area is 249 Å². The van der Waals surface area contributed by atoms with Crippen LogP contribution < -0.4 is 16.2 Å². The van der Waals surface area contributed by atoms with Crippen molar-refractivity contribution in [2.75, 3.05) is 25.0 Å². The van der Waals surface area contributed by atoms with Gasteiger partial charge in [-0.05, 0) is 80.0 Å². The number of aliphatic imine (C=N–C) groups is 1. The molecule has 0 radical (unpaired) electrons. The molecule has 3 aliphatic carbocycles. The molecule has 3 aromatic rings. The fourth-order valence-corrected chi connectivity index (χ4v) is 7.88. The van der Waals surface area contributed by atoms with Gasteiger partial charge in [0.2, 0.25) is 0 Å². The van der Waals surface area contributed by atoms with Crippen LogP contribution in [0.5, 0.6) is 0 Å². The molecule has 3 saturated carbocycles. The van der Waals surface area contributed by atoms with Gasteiger partial charge < -0.3 is 20.6 Å². The van der Waals surface area contributed by atoms with E-state index in [1.807, 2.05) is 48.5 Å². The molecular formula is C34H46N6O2. The summed E-state index contributed by atoms with van der Waals surface area (Å²) < 4.78 is 1.57. The first-order valence-electron chi connectivity index (χ1n) is 15.7. The minimum Gasteiger partial charge on any atom is -0.394 e. The number of benzene rings is 2. The minimum absolute atomic E-state index is 0.137. The normalized spacial score (nSPS) is 29.7. The topological polar surface area (TPSA) is 94.8 Å². The van der Waals surface area contributed by atoms with Crippen molar-refractivity contribution in [3.05, 3.63) is 70.8 Å². The molecule has 2 bridgehead atoms. The van der Waals surface area contributed by atoms with Gasteiger partial charge in [0.1, 0.15) is 0 Å². The van der Waals surface area contributed by atoms with Gasteiger partial charge in [-0.25, -0.2) is 9.98 Å². The van der Waals surface area contributed by atoms with E-state index in [4.69, 9.17) is 4.99 Å². The Morgan fingerprint density at radius 1 is 1.12 bits per heavy atom. The Morgan fingerprint density at radius 2 is 1.86 bits per heavy atom. The zero-order valence-electron chi connectivity index (χ0n) is 25.6. The summed E-state index contributed by atoms with van der Waals surface area (Å²) in [6, 6.07) is 16.3. The average Bonchev–Trinajstić information content (AvgIpc) is 2.96. The van der Waals surface area contributed by atoms with Crippen molar-refractivity contribution >= 4 is 22.5 Å². The Kier molecular flexibility index (Phi) is 7.87. The second kappa shape index (κ2) is 11.5. The average molecular weight is 571 g/mol. The molecule has 2 heterocycles. The van der Waals surface area contributed by atoms with Crippen LogP contribution in [0.3, 0.4) is 0 Å². The number of rotatable bonds is 6. The number of anilines is 1. The molecular weight excluding hydrogens is 524 g/mol. The van der Waals surface area contributed by atoms with E-state index in [1.165, 1.54) is 6.42 Å². The van der Waals surface area contributed by atoms with Crippen molar-refractivity contribution in [3.63, 3.8) is 0 Å². The highest BCUT2D eigenvalue weighted by atomic mass is 16.3. The number of aliphatic hydroxyl groups excluding tert-OH is 1. The highest BCUT2D eigenvalue weighted by molar-refractivity contribution is 5.96. The van der Waals surface area contributed by atoms with Crippen LogP contribution in [0.2, 0.25) is 0 Å². The molecule has 224 valence electrons. The van der Waals surface area contributed by atoms with Gasteiger partial charge in [0.25, 0.3) is 5.56 Å². The van der Waals surface area contributed by atoms with Crippen LogP contribution in [0.1, 0.15) is 59.1 Å². The number of hydrogen-bond donors (Lipinski definition) is 3. The number of aliphatic hydroxyl groups is 1. The summed E-state index contributed by atoms with van der Waals surface area (Å²) in [5, 5.41) is 18.0. The number of fused-ring (bicyclic) bond motifs is 3. The number of piperazine rings is 1. The minimum atomic E-state index is -0.376. The first kappa shape index (κ1) is 28.9. The lowest BCUT2D eigenvalue weighted by Gasteiger charge is -2.61. The SMILES string of the molecule is CC1CN(C(=NC2CC3CC(C2C)C3(C)C)Nc2ccc3c(=O)n(C(CO)Cc4ccccc4)cnc3c2)CC(C)N1. The van der Waals surface area contributed by atoms with Gasteiger partial charge in [0.15, 0.2) is 5.96 Å². The van der Waals surface area contributed by atoms with Crippen LogP contribution in [0.15, 0.2) is 64.6 Å². The summed E-state index contributed by atoms with van der Waals surface area (Å²) >= 11 is 0. The Bertz CT molecular complexity index is 1490. The van der Waals surface area contributed by atoms with Crippen LogP contribution in [0.4, 0.5) is 5.69 Å². The zero-order valence-corrected chi connectivity index (χ0v) is 25.6. The van der Waals surface area contributed by atoms with Crippen molar-refractivity contribution in [1.29, 1.82) is 0 Å². The maximum Gasteiger partial charge on any atom is 0.261 e. The fourth-order valence-electron chi connectivity index (χ4n) is 7.88. The van der Waals surface area contributed by atoms with Crippen molar-refractivity contribution in [2.45, 2.75) is 78.0 Å². The highest BCUT2D eigenvalue weighted by Crippen LogP contribution is 2.61. The monoisotopic (exact) mass is 570 g/mol. The molecule has 8 nitrogen and oxygen atoms in total. The van der Waals surface area contributed by atoms with Crippen molar-refractivity contribution in [1.82, 2.24) is 19.8 Å². The zero-order chi connectivity index (χ0) is 29.6. The molecule has 0 amide bonds. The van der Waals surface area contributed by atoms with Gasteiger partial charge in [0.05, 0.1) is 35.9 Å². The van der Waals surface area contributed by atoms with E-state index in [1.54, 1.807) is 10.9 Å². The van der Waals surface area contributed by atoms with E-state index in [9.17, 15) is 9.90 Å². The van der Waals surface area contributed by atoms with Gasteiger partial charge in [-0.1, -0.05) is 51.1 Å². The maximum absolute atomic E-state index is 13.5. The summed E-state index contributed by atoms with van der Waals surface area (Å²) in [6.07, 6.45) is 4.61. The van der Waals surface area contributed by atoms with Crippen molar-refractivity contribution in [3.8, 4) is 0 Å². The summed E-state index contributed by atoms with van der Waals surface area (Å²) in [5.74, 6) is 2.93. The van der Waals surface area contributed by atoms with E-state index in [-0.39, 0.29) is 18.2 Å². The summed E-state index contributed by atoms with van der Waals surface area (Å²) in [5.41, 5.74) is 2.86. The third-order valence-electron chi connectivity index (χ3n) is 10.4. The molecule has 0 spiro atoms. The molecule has 3 N–H and O–H groups in total. The molecule has 1 aromatic heterocycles. The third kappa shape index (κ3) is 5.47. The molecule has 7 atom stereocenters. The van der Waals surface area contributed by atoms with Crippen molar-refractivity contribution in [2.24, 2.45) is 28.2 Å². The molecule has 7 unspecified atom stereocenters. The highest BCUT2D eigenvalue weighted by Gasteiger charge is 2.56. The second-order valence-corrected chi connectivity index (χ2v) is 13.7. The lowest BCUT2D eigenvalue weighted by Crippen LogP contribution is -2.59. The molecule has 8 heteroatoms. The Hall–Kier alpha value is -3.23. The van der Waals surface area contributed by atoms with Crippen LogP contribution in [0.25, 0.3) is 10.9 Å². The molecule has 4 fully saturated rings. The first-order valence-corrected chi connectivity index (χ1v) is 15.7. The fraction of sp³-hybridized carbons (Fsp3) is 0.559.